The Morgan fingerprint density at radius 3 is 2.80 bits per heavy atom. The zero-order valence-corrected chi connectivity index (χ0v) is 17.7. The van der Waals surface area contributed by atoms with E-state index in [1.54, 1.807) is 6.26 Å². The molecule has 2 aromatic rings. The van der Waals surface area contributed by atoms with Crippen LogP contribution in [0.3, 0.4) is 0 Å². The second kappa shape index (κ2) is 10.4. The predicted molar refractivity (Wildman–Crippen MR) is 119 cm³/mol. The van der Waals surface area contributed by atoms with Gasteiger partial charge in [0.15, 0.2) is 17.5 Å². The molecule has 2 N–H and O–H groups in total. The Balaban J connectivity index is 1.39. The Hall–Kier alpha value is -2.67. The smallest absolute Gasteiger partial charge is 0.195 e. The zero-order valence-electron chi connectivity index (χ0n) is 17.7. The lowest BCUT2D eigenvalue weighted by Gasteiger charge is -2.19. The first-order valence-electron chi connectivity index (χ1n) is 11.0. The van der Waals surface area contributed by atoms with E-state index in [-0.39, 0.29) is 0 Å². The number of anilines is 1. The molecule has 162 valence electrons. The van der Waals surface area contributed by atoms with Gasteiger partial charge >= 0.3 is 0 Å². The monoisotopic (exact) mass is 412 g/mol. The summed E-state index contributed by atoms with van der Waals surface area (Å²) in [6.07, 6.45) is 6.05. The van der Waals surface area contributed by atoms with Crippen LogP contribution in [-0.4, -0.2) is 56.3 Å². The fourth-order valence-corrected chi connectivity index (χ4v) is 3.61. The number of likely N-dealkylation sites (N-methyl/N-ethyl adjacent to an activating group) is 1. The van der Waals surface area contributed by atoms with Crippen LogP contribution in [0.5, 0.6) is 11.5 Å². The molecular weight excluding hydrogens is 380 g/mol. The first kappa shape index (κ1) is 20.6. The van der Waals surface area contributed by atoms with Gasteiger partial charge in [-0.25, -0.2) is 0 Å². The number of hydrogen-bond donors (Lipinski definition) is 2. The van der Waals surface area contributed by atoms with E-state index >= 15 is 0 Å². The fourth-order valence-electron chi connectivity index (χ4n) is 3.61. The summed E-state index contributed by atoms with van der Waals surface area (Å²) in [5, 5.41) is 6.84. The van der Waals surface area contributed by atoms with Crippen molar-refractivity contribution >= 4 is 11.6 Å². The van der Waals surface area contributed by atoms with Gasteiger partial charge in [-0.15, -0.1) is 0 Å². The van der Waals surface area contributed by atoms with Crippen molar-refractivity contribution in [3.63, 3.8) is 0 Å². The largest absolute Gasteiger partial charge is 0.490 e. The molecule has 2 heterocycles. The maximum atomic E-state index is 5.82. The van der Waals surface area contributed by atoms with Crippen molar-refractivity contribution in [1.29, 1.82) is 0 Å². The normalized spacial score (nSPS) is 16.4. The third-order valence-corrected chi connectivity index (χ3v) is 5.38. The van der Waals surface area contributed by atoms with Gasteiger partial charge in [0.25, 0.3) is 0 Å². The van der Waals surface area contributed by atoms with E-state index in [9.17, 15) is 0 Å². The van der Waals surface area contributed by atoms with Crippen molar-refractivity contribution in [3.8, 4) is 11.5 Å². The van der Waals surface area contributed by atoms with Crippen molar-refractivity contribution in [2.45, 2.75) is 38.6 Å². The Morgan fingerprint density at radius 2 is 2.03 bits per heavy atom. The maximum absolute atomic E-state index is 5.82. The number of hydrogen-bond acceptors (Lipinski definition) is 5. The van der Waals surface area contributed by atoms with E-state index in [0.717, 1.165) is 74.0 Å². The highest BCUT2D eigenvalue weighted by molar-refractivity contribution is 5.94. The van der Waals surface area contributed by atoms with Crippen molar-refractivity contribution in [2.24, 2.45) is 4.99 Å². The SMILES string of the molecule is CCN(CCN=C(NCCc1ccco1)Nc1ccc2c(c1)OCCCO2)C1CC1. The molecule has 7 heteroatoms. The predicted octanol–water partition coefficient (Wildman–Crippen LogP) is 3.53. The topological polar surface area (TPSA) is 71.3 Å². The second-order valence-electron chi connectivity index (χ2n) is 7.68. The third kappa shape index (κ3) is 5.92. The molecule has 1 aliphatic heterocycles. The average Bonchev–Trinajstić information content (AvgIpc) is 3.52. The number of aliphatic imine (C=N–C) groups is 1. The molecule has 30 heavy (non-hydrogen) atoms. The second-order valence-corrected chi connectivity index (χ2v) is 7.68. The Kier molecular flexibility index (Phi) is 7.13. The van der Waals surface area contributed by atoms with Gasteiger partial charge in [0.05, 0.1) is 26.0 Å². The van der Waals surface area contributed by atoms with Gasteiger partial charge in [-0.2, -0.15) is 0 Å². The van der Waals surface area contributed by atoms with Gasteiger partial charge in [-0.3, -0.25) is 9.89 Å². The van der Waals surface area contributed by atoms with Crippen LogP contribution < -0.4 is 20.1 Å². The molecule has 1 aliphatic carbocycles. The van der Waals surface area contributed by atoms with Crippen LogP contribution in [0.2, 0.25) is 0 Å². The van der Waals surface area contributed by atoms with E-state index in [4.69, 9.17) is 18.9 Å². The van der Waals surface area contributed by atoms with E-state index < -0.39 is 0 Å². The van der Waals surface area contributed by atoms with E-state index in [1.807, 2.05) is 30.3 Å². The van der Waals surface area contributed by atoms with E-state index in [0.29, 0.717) is 13.2 Å². The van der Waals surface area contributed by atoms with Gasteiger partial charge < -0.3 is 24.5 Å². The quantitative estimate of drug-likeness (QED) is 0.485. The highest BCUT2D eigenvalue weighted by Crippen LogP contribution is 2.32. The number of nitrogens with zero attached hydrogens (tertiary/aromatic N) is 2. The summed E-state index contributed by atoms with van der Waals surface area (Å²) >= 11 is 0. The van der Waals surface area contributed by atoms with Crippen molar-refractivity contribution in [1.82, 2.24) is 10.2 Å². The molecular formula is C23H32N4O3. The van der Waals surface area contributed by atoms with Crippen LogP contribution >= 0.6 is 0 Å². The summed E-state index contributed by atoms with van der Waals surface area (Å²) < 4.78 is 17.0. The lowest BCUT2D eigenvalue weighted by molar-refractivity contribution is 0.286. The van der Waals surface area contributed by atoms with Crippen LogP contribution in [0.15, 0.2) is 46.0 Å². The summed E-state index contributed by atoms with van der Waals surface area (Å²) in [5.74, 6) is 3.30. The standard InChI is InChI=1S/C23H32N4O3/c1-2-27(19-7-8-19)13-12-25-23(24-11-10-20-5-3-14-28-20)26-18-6-9-21-22(17-18)30-16-4-15-29-21/h3,5-6,9,14,17,19H,2,4,7-8,10-13,15-16H2,1H3,(H2,24,25,26). The minimum Gasteiger partial charge on any atom is -0.490 e. The summed E-state index contributed by atoms with van der Waals surface area (Å²) in [4.78, 5) is 7.33. The summed E-state index contributed by atoms with van der Waals surface area (Å²) in [6, 6.07) is 10.6. The zero-order chi connectivity index (χ0) is 20.6. The third-order valence-electron chi connectivity index (χ3n) is 5.38. The molecule has 0 radical (unpaired) electrons. The highest BCUT2D eigenvalue weighted by atomic mass is 16.5. The number of ether oxygens (including phenoxy) is 2. The molecule has 1 saturated carbocycles. The molecule has 0 saturated heterocycles. The van der Waals surface area contributed by atoms with E-state index in [2.05, 4.69) is 22.5 Å². The molecule has 0 atom stereocenters. The van der Waals surface area contributed by atoms with E-state index in [1.165, 1.54) is 12.8 Å². The van der Waals surface area contributed by atoms with Gasteiger partial charge in [-0.05, 0) is 43.7 Å². The number of rotatable bonds is 9. The van der Waals surface area contributed by atoms with Gasteiger partial charge in [0.2, 0.25) is 0 Å². The first-order chi connectivity index (χ1) is 14.8. The van der Waals surface area contributed by atoms with Crippen LogP contribution in [0.25, 0.3) is 0 Å². The Morgan fingerprint density at radius 1 is 1.17 bits per heavy atom. The Bertz CT molecular complexity index is 818. The lowest BCUT2D eigenvalue weighted by Crippen LogP contribution is -2.34. The first-order valence-corrected chi connectivity index (χ1v) is 11.0. The number of benzene rings is 1. The number of fused-ring (bicyclic) bond motifs is 1. The lowest BCUT2D eigenvalue weighted by atomic mass is 10.2. The van der Waals surface area contributed by atoms with Crippen molar-refractivity contribution < 1.29 is 13.9 Å². The van der Waals surface area contributed by atoms with Crippen LogP contribution in [0.1, 0.15) is 31.9 Å². The number of nitrogens with one attached hydrogen (secondary N) is 2. The van der Waals surface area contributed by atoms with Crippen LogP contribution in [0.4, 0.5) is 5.69 Å². The maximum Gasteiger partial charge on any atom is 0.195 e. The van der Waals surface area contributed by atoms with Crippen LogP contribution in [-0.2, 0) is 6.42 Å². The fraction of sp³-hybridized carbons (Fsp3) is 0.522. The summed E-state index contributed by atoms with van der Waals surface area (Å²) in [5.41, 5.74) is 0.929. The molecule has 0 unspecified atom stereocenters. The van der Waals surface area contributed by atoms with Gasteiger partial charge in [0.1, 0.15) is 5.76 Å². The molecule has 0 spiro atoms. The highest BCUT2D eigenvalue weighted by Gasteiger charge is 2.27. The van der Waals surface area contributed by atoms with Crippen LogP contribution in [0, 0.1) is 0 Å². The molecule has 7 nitrogen and oxygen atoms in total. The summed E-state index contributed by atoms with van der Waals surface area (Å²) in [7, 11) is 0. The molecule has 1 aromatic carbocycles. The number of furan rings is 1. The number of guanidine groups is 1. The molecule has 4 rings (SSSR count). The molecule has 0 bridgehead atoms. The summed E-state index contributed by atoms with van der Waals surface area (Å²) in [6.45, 7) is 7.14. The molecule has 2 aliphatic rings. The van der Waals surface area contributed by atoms with Gasteiger partial charge in [0, 0.05) is 43.7 Å². The minimum atomic E-state index is 0.673. The molecule has 1 aromatic heterocycles. The average molecular weight is 413 g/mol. The van der Waals surface area contributed by atoms with Crippen molar-refractivity contribution in [3.05, 3.63) is 42.4 Å². The molecule has 1 fully saturated rings. The van der Waals surface area contributed by atoms with Crippen molar-refractivity contribution in [2.75, 3.05) is 44.7 Å². The van der Waals surface area contributed by atoms with Gasteiger partial charge in [-0.1, -0.05) is 6.92 Å². The Labute approximate surface area is 178 Å². The molecule has 0 amide bonds. The minimum absolute atomic E-state index is 0.673.